The van der Waals surface area contributed by atoms with Crippen LogP contribution >= 0.6 is 0 Å². The second-order valence-corrected chi connectivity index (χ2v) is 7.93. The van der Waals surface area contributed by atoms with Crippen molar-refractivity contribution in [3.05, 3.63) is 59.7 Å². The number of morpholine rings is 1. The van der Waals surface area contributed by atoms with Gasteiger partial charge in [0.1, 0.15) is 0 Å². The van der Waals surface area contributed by atoms with Crippen LogP contribution in [-0.4, -0.2) is 50.2 Å². The second kappa shape index (κ2) is 7.83. The van der Waals surface area contributed by atoms with Crippen molar-refractivity contribution in [1.82, 2.24) is 10.2 Å². The third kappa shape index (κ3) is 4.40. The van der Waals surface area contributed by atoms with E-state index in [1.54, 1.807) is 0 Å². The van der Waals surface area contributed by atoms with Crippen LogP contribution in [0.3, 0.4) is 0 Å². The topological polar surface area (TPSA) is 41.6 Å². The molecule has 0 aromatic heterocycles. The van der Waals surface area contributed by atoms with Crippen molar-refractivity contribution in [1.29, 1.82) is 0 Å². The number of nitrogens with zero attached hydrogens (tertiary/aromatic N) is 1. The standard InChI is InChI=1S/C23H28N2O2/c1-23(10-11-23)21-8-6-19(7-9-21)18-2-4-20(5-3-18)22(26)24-12-13-25-14-16-27-17-15-25/h2-9H,10-17H2,1H3,(H,24,26). The van der Waals surface area contributed by atoms with Crippen LogP contribution in [0.5, 0.6) is 0 Å². The van der Waals surface area contributed by atoms with Gasteiger partial charge >= 0.3 is 0 Å². The van der Waals surface area contributed by atoms with E-state index in [1.165, 1.54) is 24.0 Å². The first-order chi connectivity index (χ1) is 13.1. The Hall–Kier alpha value is -2.17. The van der Waals surface area contributed by atoms with Crippen molar-refractivity contribution in [2.75, 3.05) is 39.4 Å². The molecule has 4 heteroatoms. The summed E-state index contributed by atoms with van der Waals surface area (Å²) in [5, 5.41) is 3.02. The van der Waals surface area contributed by atoms with Crippen molar-refractivity contribution in [2.24, 2.45) is 0 Å². The summed E-state index contributed by atoms with van der Waals surface area (Å²) < 4.78 is 5.34. The molecule has 1 N–H and O–H groups in total. The molecule has 1 aliphatic heterocycles. The number of benzene rings is 2. The van der Waals surface area contributed by atoms with E-state index in [0.717, 1.165) is 38.4 Å². The Labute approximate surface area is 161 Å². The lowest BCUT2D eigenvalue weighted by atomic mass is 9.95. The Morgan fingerprint density at radius 1 is 1.00 bits per heavy atom. The lowest BCUT2D eigenvalue weighted by Crippen LogP contribution is -2.41. The fourth-order valence-electron chi connectivity index (χ4n) is 3.61. The van der Waals surface area contributed by atoms with Crippen LogP contribution < -0.4 is 5.32 Å². The summed E-state index contributed by atoms with van der Waals surface area (Å²) in [4.78, 5) is 14.7. The van der Waals surface area contributed by atoms with Crippen molar-refractivity contribution < 1.29 is 9.53 Å². The van der Waals surface area contributed by atoms with E-state index >= 15 is 0 Å². The second-order valence-electron chi connectivity index (χ2n) is 7.93. The first kappa shape index (κ1) is 18.2. The first-order valence-corrected chi connectivity index (χ1v) is 9.93. The van der Waals surface area contributed by atoms with Crippen LogP contribution in [-0.2, 0) is 10.2 Å². The highest BCUT2D eigenvalue weighted by molar-refractivity contribution is 5.94. The molecule has 2 fully saturated rings. The Morgan fingerprint density at radius 2 is 1.59 bits per heavy atom. The molecule has 2 aliphatic rings. The molecule has 2 aromatic carbocycles. The van der Waals surface area contributed by atoms with Crippen LogP contribution in [0.25, 0.3) is 11.1 Å². The molecule has 142 valence electrons. The van der Waals surface area contributed by atoms with Gasteiger partial charge in [0, 0.05) is 31.7 Å². The van der Waals surface area contributed by atoms with Crippen LogP contribution in [0.4, 0.5) is 0 Å². The predicted molar refractivity (Wildman–Crippen MR) is 108 cm³/mol. The van der Waals surface area contributed by atoms with Crippen molar-refractivity contribution in [3.8, 4) is 11.1 Å². The molecule has 1 saturated carbocycles. The fourth-order valence-corrected chi connectivity index (χ4v) is 3.61. The van der Waals surface area contributed by atoms with E-state index in [0.29, 0.717) is 17.5 Å². The molecule has 4 rings (SSSR count). The Bertz CT molecular complexity index is 773. The molecule has 27 heavy (non-hydrogen) atoms. The molecular weight excluding hydrogens is 336 g/mol. The SMILES string of the molecule is CC1(c2ccc(-c3ccc(C(=O)NCCN4CCOCC4)cc3)cc2)CC1. The van der Waals surface area contributed by atoms with Gasteiger partial charge < -0.3 is 10.1 Å². The number of carbonyl (C=O) groups is 1. The van der Waals surface area contributed by atoms with E-state index in [1.807, 2.05) is 24.3 Å². The van der Waals surface area contributed by atoms with Crippen LogP contribution in [0.2, 0.25) is 0 Å². The zero-order valence-electron chi connectivity index (χ0n) is 16.0. The number of nitrogens with one attached hydrogen (secondary N) is 1. The lowest BCUT2D eigenvalue weighted by molar-refractivity contribution is 0.0383. The summed E-state index contributed by atoms with van der Waals surface area (Å²) in [7, 11) is 0. The van der Waals surface area contributed by atoms with Gasteiger partial charge in [-0.05, 0) is 47.1 Å². The summed E-state index contributed by atoms with van der Waals surface area (Å²) >= 11 is 0. The molecule has 1 aliphatic carbocycles. The molecule has 1 amide bonds. The summed E-state index contributed by atoms with van der Waals surface area (Å²) in [5.41, 5.74) is 4.89. The third-order valence-corrected chi connectivity index (χ3v) is 5.88. The maximum Gasteiger partial charge on any atom is 0.251 e. The van der Waals surface area contributed by atoms with Gasteiger partial charge in [-0.3, -0.25) is 9.69 Å². The maximum atomic E-state index is 12.3. The van der Waals surface area contributed by atoms with Gasteiger partial charge in [0.2, 0.25) is 0 Å². The number of rotatable bonds is 6. The average Bonchev–Trinajstić information content (AvgIpc) is 3.48. The average molecular weight is 364 g/mol. The summed E-state index contributed by atoms with van der Waals surface area (Å²) in [6.45, 7) is 7.34. The minimum atomic E-state index is -0.00758. The van der Waals surface area contributed by atoms with Gasteiger partial charge in [0.25, 0.3) is 5.91 Å². The highest BCUT2D eigenvalue weighted by Gasteiger charge is 2.38. The highest BCUT2D eigenvalue weighted by Crippen LogP contribution is 2.47. The zero-order chi connectivity index (χ0) is 18.7. The van der Waals surface area contributed by atoms with E-state index in [9.17, 15) is 4.79 Å². The highest BCUT2D eigenvalue weighted by atomic mass is 16.5. The molecular formula is C23H28N2O2. The zero-order valence-corrected chi connectivity index (χ0v) is 16.0. The van der Waals surface area contributed by atoms with E-state index in [2.05, 4.69) is 41.4 Å². The number of carbonyl (C=O) groups excluding carboxylic acids is 1. The Morgan fingerprint density at radius 3 is 2.19 bits per heavy atom. The normalized spacial score (nSPS) is 18.9. The first-order valence-electron chi connectivity index (χ1n) is 9.93. The number of hydrogen-bond acceptors (Lipinski definition) is 3. The predicted octanol–water partition coefficient (Wildman–Crippen LogP) is 3.47. The summed E-state index contributed by atoms with van der Waals surface area (Å²) in [5.74, 6) is -0.00758. The minimum absolute atomic E-state index is 0.00758. The van der Waals surface area contributed by atoms with Gasteiger partial charge in [-0.2, -0.15) is 0 Å². The van der Waals surface area contributed by atoms with E-state index in [-0.39, 0.29) is 5.91 Å². The monoisotopic (exact) mass is 364 g/mol. The van der Waals surface area contributed by atoms with E-state index in [4.69, 9.17) is 4.74 Å². The molecule has 0 unspecified atom stereocenters. The van der Waals surface area contributed by atoms with Gasteiger partial charge in [0.15, 0.2) is 0 Å². The Kier molecular flexibility index (Phi) is 5.28. The van der Waals surface area contributed by atoms with Crippen LogP contribution in [0.15, 0.2) is 48.5 Å². The van der Waals surface area contributed by atoms with Crippen molar-refractivity contribution in [3.63, 3.8) is 0 Å². The van der Waals surface area contributed by atoms with Crippen LogP contribution in [0, 0.1) is 0 Å². The lowest BCUT2D eigenvalue weighted by Gasteiger charge is -2.26. The molecule has 1 heterocycles. The molecule has 1 saturated heterocycles. The van der Waals surface area contributed by atoms with Gasteiger partial charge in [-0.1, -0.05) is 43.3 Å². The van der Waals surface area contributed by atoms with Gasteiger partial charge in [-0.15, -0.1) is 0 Å². The molecule has 0 spiro atoms. The smallest absolute Gasteiger partial charge is 0.251 e. The fraction of sp³-hybridized carbons (Fsp3) is 0.435. The third-order valence-electron chi connectivity index (χ3n) is 5.88. The maximum absolute atomic E-state index is 12.3. The molecule has 2 aromatic rings. The summed E-state index contributed by atoms with van der Waals surface area (Å²) in [6.07, 6.45) is 2.59. The van der Waals surface area contributed by atoms with Crippen molar-refractivity contribution in [2.45, 2.75) is 25.2 Å². The number of amides is 1. The number of hydrogen-bond donors (Lipinski definition) is 1. The van der Waals surface area contributed by atoms with Crippen LogP contribution in [0.1, 0.15) is 35.7 Å². The molecule has 0 radical (unpaired) electrons. The summed E-state index contributed by atoms with van der Waals surface area (Å²) in [6, 6.07) is 16.8. The molecule has 0 bridgehead atoms. The Balaban J connectivity index is 1.32. The molecule has 0 atom stereocenters. The minimum Gasteiger partial charge on any atom is -0.379 e. The van der Waals surface area contributed by atoms with Gasteiger partial charge in [-0.25, -0.2) is 0 Å². The molecule has 4 nitrogen and oxygen atoms in total. The quantitative estimate of drug-likeness (QED) is 0.853. The van der Waals surface area contributed by atoms with E-state index < -0.39 is 0 Å². The van der Waals surface area contributed by atoms with Gasteiger partial charge in [0.05, 0.1) is 13.2 Å². The number of ether oxygens (including phenoxy) is 1. The van der Waals surface area contributed by atoms with Crippen molar-refractivity contribution >= 4 is 5.91 Å². The largest absolute Gasteiger partial charge is 0.379 e.